The van der Waals surface area contributed by atoms with E-state index < -0.39 is 17.8 Å². The molecule has 2 aromatic rings. The van der Waals surface area contributed by atoms with Crippen LogP contribution >= 0.6 is 0 Å². The summed E-state index contributed by atoms with van der Waals surface area (Å²) in [4.78, 5) is 29.1. The summed E-state index contributed by atoms with van der Waals surface area (Å²) in [7, 11) is 1.91. The zero-order valence-electron chi connectivity index (χ0n) is 17.2. The molecule has 2 fully saturated rings. The van der Waals surface area contributed by atoms with Crippen LogP contribution in [0.3, 0.4) is 0 Å². The van der Waals surface area contributed by atoms with Crippen molar-refractivity contribution in [1.82, 2.24) is 14.4 Å². The van der Waals surface area contributed by atoms with Gasteiger partial charge in [0, 0.05) is 31.0 Å². The number of aromatic nitrogens is 1. The molecule has 0 unspecified atom stereocenters. The molecule has 3 amide bonds. The van der Waals surface area contributed by atoms with E-state index in [1.807, 2.05) is 29.9 Å². The number of alkyl halides is 3. The summed E-state index contributed by atoms with van der Waals surface area (Å²) in [5.74, 6) is -0.185. The van der Waals surface area contributed by atoms with E-state index in [4.69, 9.17) is 0 Å². The second kappa shape index (κ2) is 8.28. The highest BCUT2D eigenvalue weighted by molar-refractivity contribution is 5.93. The number of hydrogen-bond donors (Lipinski definition) is 1. The van der Waals surface area contributed by atoms with E-state index in [9.17, 15) is 22.8 Å². The minimum Gasteiger partial charge on any atom is -0.353 e. The number of benzene rings is 1. The average Bonchev–Trinajstić information content (AvgIpc) is 3.63. The number of aryl methyl sites for hydroxylation is 1. The van der Waals surface area contributed by atoms with Crippen LogP contribution < -0.4 is 5.32 Å². The van der Waals surface area contributed by atoms with Crippen molar-refractivity contribution in [2.24, 2.45) is 7.05 Å². The van der Waals surface area contributed by atoms with Crippen molar-refractivity contribution in [3.8, 4) is 0 Å². The number of urea groups is 1. The van der Waals surface area contributed by atoms with Crippen LogP contribution in [0.5, 0.6) is 0 Å². The number of rotatable bonds is 7. The molecule has 166 valence electrons. The van der Waals surface area contributed by atoms with Gasteiger partial charge in [-0.3, -0.25) is 4.79 Å². The molecule has 0 radical (unpaired) electrons. The lowest BCUT2D eigenvalue weighted by atomic mass is 10.1. The van der Waals surface area contributed by atoms with E-state index in [2.05, 4.69) is 5.32 Å². The van der Waals surface area contributed by atoms with Gasteiger partial charge in [0.2, 0.25) is 5.91 Å². The maximum atomic E-state index is 13.3. The average molecular weight is 434 g/mol. The lowest BCUT2D eigenvalue weighted by Crippen LogP contribution is -2.46. The molecule has 0 atom stereocenters. The lowest BCUT2D eigenvalue weighted by molar-refractivity contribution is -0.137. The van der Waals surface area contributed by atoms with E-state index >= 15 is 0 Å². The van der Waals surface area contributed by atoms with Gasteiger partial charge in [0.05, 0.1) is 17.8 Å². The molecule has 1 aromatic carbocycles. The predicted molar refractivity (Wildman–Crippen MR) is 109 cm³/mol. The number of nitrogens with zero attached hydrogens (tertiary/aromatic N) is 3. The second-order valence-electron chi connectivity index (χ2n) is 8.20. The Morgan fingerprint density at radius 2 is 1.68 bits per heavy atom. The number of carbonyl (C=O) groups is 2. The van der Waals surface area contributed by atoms with Gasteiger partial charge < -0.3 is 19.7 Å². The van der Waals surface area contributed by atoms with Gasteiger partial charge in [0.15, 0.2) is 0 Å². The zero-order chi connectivity index (χ0) is 22.2. The standard InChI is InChI=1S/C22H25F3N4O2/c1-27-12-4-5-17(27)13-28(15-8-9-15)20(30)14-29(16-10-11-16)21(31)26-19-7-3-2-6-18(19)22(23,24)25/h2-7,12,15-16H,8-11,13-14H2,1H3,(H,26,31). The summed E-state index contributed by atoms with van der Waals surface area (Å²) in [6, 6.07) is 8.06. The number of anilines is 1. The normalized spacial score (nSPS) is 16.1. The van der Waals surface area contributed by atoms with E-state index in [0.29, 0.717) is 6.54 Å². The quantitative estimate of drug-likeness (QED) is 0.709. The van der Waals surface area contributed by atoms with Crippen molar-refractivity contribution in [2.45, 2.75) is 50.5 Å². The Morgan fingerprint density at radius 3 is 2.26 bits per heavy atom. The monoisotopic (exact) mass is 434 g/mol. The van der Waals surface area contributed by atoms with E-state index in [0.717, 1.165) is 37.4 Å². The number of carbonyl (C=O) groups excluding carboxylic acids is 2. The summed E-state index contributed by atoms with van der Waals surface area (Å²) >= 11 is 0. The zero-order valence-corrected chi connectivity index (χ0v) is 17.2. The van der Waals surface area contributed by atoms with Crippen LogP contribution in [-0.2, 0) is 24.6 Å². The predicted octanol–water partition coefficient (Wildman–Crippen LogP) is 4.23. The van der Waals surface area contributed by atoms with Crippen LogP contribution in [0.25, 0.3) is 0 Å². The van der Waals surface area contributed by atoms with Gasteiger partial charge in [-0.05, 0) is 49.9 Å². The third kappa shape index (κ3) is 5.03. The molecule has 0 saturated heterocycles. The molecule has 2 saturated carbocycles. The van der Waals surface area contributed by atoms with E-state index in [-0.39, 0.29) is 30.2 Å². The van der Waals surface area contributed by atoms with Crippen LogP contribution in [0.4, 0.5) is 23.7 Å². The fraction of sp³-hybridized carbons (Fsp3) is 0.455. The summed E-state index contributed by atoms with van der Waals surface area (Å²) in [5.41, 5.74) is -0.225. The summed E-state index contributed by atoms with van der Waals surface area (Å²) in [6.07, 6.45) is 0.649. The molecule has 4 rings (SSSR count). The van der Waals surface area contributed by atoms with Crippen LogP contribution in [0.2, 0.25) is 0 Å². The number of nitrogens with one attached hydrogen (secondary N) is 1. The molecule has 1 heterocycles. The van der Waals surface area contributed by atoms with Gasteiger partial charge in [0.25, 0.3) is 0 Å². The smallest absolute Gasteiger partial charge is 0.353 e. The Balaban J connectivity index is 1.47. The molecule has 1 N–H and O–H groups in total. The minimum absolute atomic E-state index is 0.127. The topological polar surface area (TPSA) is 57.6 Å². The molecule has 1 aromatic heterocycles. The van der Waals surface area contributed by atoms with Crippen LogP contribution in [0.1, 0.15) is 36.9 Å². The number of halogens is 3. The lowest BCUT2D eigenvalue weighted by Gasteiger charge is -2.28. The van der Waals surface area contributed by atoms with Crippen LogP contribution in [0, 0.1) is 0 Å². The summed E-state index contributed by atoms with van der Waals surface area (Å²) < 4.78 is 41.7. The summed E-state index contributed by atoms with van der Waals surface area (Å²) in [6.45, 7) is 0.301. The Labute approximate surface area is 178 Å². The van der Waals surface area contributed by atoms with Gasteiger partial charge in [-0.25, -0.2) is 4.79 Å². The van der Waals surface area contributed by atoms with Crippen molar-refractivity contribution < 1.29 is 22.8 Å². The van der Waals surface area contributed by atoms with Gasteiger partial charge in [0.1, 0.15) is 6.54 Å². The number of hydrogen-bond acceptors (Lipinski definition) is 2. The molecular weight excluding hydrogens is 409 g/mol. The van der Waals surface area contributed by atoms with Crippen molar-refractivity contribution in [2.75, 3.05) is 11.9 Å². The van der Waals surface area contributed by atoms with Crippen molar-refractivity contribution in [3.63, 3.8) is 0 Å². The Kier molecular flexibility index (Phi) is 5.68. The molecule has 2 aliphatic rings. The number of amides is 3. The molecule has 2 aliphatic carbocycles. The first-order valence-corrected chi connectivity index (χ1v) is 10.4. The molecule has 31 heavy (non-hydrogen) atoms. The second-order valence-corrected chi connectivity index (χ2v) is 8.20. The van der Waals surface area contributed by atoms with Crippen molar-refractivity contribution >= 4 is 17.6 Å². The third-order valence-corrected chi connectivity index (χ3v) is 5.72. The van der Waals surface area contributed by atoms with E-state index in [1.54, 1.807) is 4.90 Å². The molecular formula is C22H25F3N4O2. The molecule has 0 aliphatic heterocycles. The first kappa shape index (κ1) is 21.3. The molecule has 0 spiro atoms. The maximum absolute atomic E-state index is 13.3. The Bertz CT molecular complexity index is 964. The minimum atomic E-state index is -4.58. The third-order valence-electron chi connectivity index (χ3n) is 5.72. The Hall–Kier alpha value is -2.97. The first-order valence-electron chi connectivity index (χ1n) is 10.4. The van der Waals surface area contributed by atoms with Gasteiger partial charge in [-0.1, -0.05) is 12.1 Å². The van der Waals surface area contributed by atoms with Gasteiger partial charge >= 0.3 is 12.2 Å². The highest BCUT2D eigenvalue weighted by Gasteiger charge is 2.39. The van der Waals surface area contributed by atoms with Gasteiger partial charge in [-0.15, -0.1) is 0 Å². The van der Waals surface area contributed by atoms with Gasteiger partial charge in [-0.2, -0.15) is 13.2 Å². The molecule has 0 bridgehead atoms. The van der Waals surface area contributed by atoms with Crippen LogP contribution in [0.15, 0.2) is 42.6 Å². The summed E-state index contributed by atoms with van der Waals surface area (Å²) in [5, 5.41) is 2.37. The fourth-order valence-corrected chi connectivity index (χ4v) is 3.66. The largest absolute Gasteiger partial charge is 0.418 e. The highest BCUT2D eigenvalue weighted by Crippen LogP contribution is 2.35. The number of para-hydroxylation sites is 1. The van der Waals surface area contributed by atoms with E-state index in [1.165, 1.54) is 23.1 Å². The first-order chi connectivity index (χ1) is 14.7. The van der Waals surface area contributed by atoms with Crippen molar-refractivity contribution in [1.29, 1.82) is 0 Å². The highest BCUT2D eigenvalue weighted by atomic mass is 19.4. The SMILES string of the molecule is Cn1cccc1CN(C(=O)CN(C(=O)Nc1ccccc1C(F)(F)F)C1CC1)C1CC1. The Morgan fingerprint density at radius 1 is 1.03 bits per heavy atom. The molecule has 6 nitrogen and oxygen atoms in total. The van der Waals surface area contributed by atoms with Crippen LogP contribution in [-0.4, -0.2) is 44.9 Å². The molecule has 9 heteroatoms. The van der Waals surface area contributed by atoms with Crippen molar-refractivity contribution in [3.05, 3.63) is 53.9 Å². The fourth-order valence-electron chi connectivity index (χ4n) is 3.66. The maximum Gasteiger partial charge on any atom is 0.418 e.